The summed E-state index contributed by atoms with van der Waals surface area (Å²) in [5.74, 6) is -0.955. The average molecular weight is 262 g/mol. The molecule has 2 rings (SSSR count). The molecule has 1 unspecified atom stereocenters. The minimum absolute atomic E-state index is 0.130. The number of thiophene rings is 1. The van der Waals surface area contributed by atoms with Gasteiger partial charge in [-0.25, -0.2) is 4.79 Å². The molecule has 1 N–H and O–H groups in total. The van der Waals surface area contributed by atoms with Gasteiger partial charge in [-0.15, -0.1) is 11.3 Å². The molecule has 0 bridgehead atoms. The van der Waals surface area contributed by atoms with Crippen molar-refractivity contribution in [3.8, 4) is 0 Å². The Labute approximate surface area is 110 Å². The summed E-state index contributed by atoms with van der Waals surface area (Å²) in [5.41, 5.74) is 0.904. The number of aromatic nitrogens is 1. The molecule has 0 saturated heterocycles. The number of anilines is 1. The van der Waals surface area contributed by atoms with E-state index in [4.69, 9.17) is 5.11 Å². The van der Waals surface area contributed by atoms with E-state index in [1.165, 1.54) is 11.1 Å². The monoisotopic (exact) mass is 262 g/mol. The number of rotatable bonds is 4. The molecular weight excluding hydrogens is 248 g/mol. The molecule has 0 aliphatic carbocycles. The minimum Gasteiger partial charge on any atom is -0.478 e. The SMILES string of the molecule is CC(c1cccs1)N(C)c1ccncc1C(=O)O. The topological polar surface area (TPSA) is 53.4 Å². The summed E-state index contributed by atoms with van der Waals surface area (Å²) < 4.78 is 0. The highest BCUT2D eigenvalue weighted by atomic mass is 32.1. The first-order valence-electron chi connectivity index (χ1n) is 5.55. The minimum atomic E-state index is -0.955. The van der Waals surface area contributed by atoms with Gasteiger partial charge >= 0.3 is 5.97 Å². The van der Waals surface area contributed by atoms with Gasteiger partial charge in [-0.3, -0.25) is 4.98 Å². The van der Waals surface area contributed by atoms with Crippen LogP contribution in [0, 0.1) is 0 Å². The third kappa shape index (κ3) is 2.36. The van der Waals surface area contributed by atoms with Crippen LogP contribution in [0.5, 0.6) is 0 Å². The van der Waals surface area contributed by atoms with E-state index in [-0.39, 0.29) is 11.6 Å². The predicted octanol–water partition coefficient (Wildman–Crippen LogP) is 3.04. The number of pyridine rings is 1. The zero-order valence-electron chi connectivity index (χ0n) is 10.2. The van der Waals surface area contributed by atoms with Crippen molar-refractivity contribution in [3.63, 3.8) is 0 Å². The van der Waals surface area contributed by atoms with E-state index in [1.54, 1.807) is 23.6 Å². The van der Waals surface area contributed by atoms with Crippen LogP contribution < -0.4 is 4.90 Å². The Kier molecular flexibility index (Phi) is 3.62. The molecule has 4 nitrogen and oxygen atoms in total. The molecular formula is C13H14N2O2S. The lowest BCUT2D eigenvalue weighted by atomic mass is 10.1. The van der Waals surface area contributed by atoms with Crippen LogP contribution in [0.15, 0.2) is 36.0 Å². The summed E-state index contributed by atoms with van der Waals surface area (Å²) in [6, 6.07) is 5.90. The van der Waals surface area contributed by atoms with Gasteiger partial charge in [0.05, 0.1) is 11.7 Å². The van der Waals surface area contributed by atoms with Gasteiger partial charge in [-0.05, 0) is 24.4 Å². The molecule has 2 heterocycles. The Morgan fingerprint density at radius 3 is 2.89 bits per heavy atom. The molecule has 0 amide bonds. The molecule has 0 radical (unpaired) electrons. The molecule has 0 fully saturated rings. The molecule has 1 atom stereocenters. The van der Waals surface area contributed by atoms with E-state index in [0.29, 0.717) is 5.69 Å². The van der Waals surface area contributed by atoms with Crippen LogP contribution in [0.25, 0.3) is 0 Å². The second-order valence-corrected chi connectivity index (χ2v) is 4.98. The number of carboxylic acids is 1. The van der Waals surface area contributed by atoms with Gasteiger partial charge in [0.2, 0.25) is 0 Å². The van der Waals surface area contributed by atoms with Crippen LogP contribution in [0.2, 0.25) is 0 Å². The number of hydrogen-bond donors (Lipinski definition) is 1. The van der Waals surface area contributed by atoms with Crippen molar-refractivity contribution in [2.24, 2.45) is 0 Å². The van der Waals surface area contributed by atoms with Gasteiger partial charge < -0.3 is 10.0 Å². The van der Waals surface area contributed by atoms with Gasteiger partial charge in [0, 0.05) is 24.3 Å². The number of nitrogens with zero attached hydrogens (tertiary/aromatic N) is 2. The molecule has 5 heteroatoms. The van der Waals surface area contributed by atoms with Crippen molar-refractivity contribution in [2.45, 2.75) is 13.0 Å². The Hall–Kier alpha value is -1.88. The van der Waals surface area contributed by atoms with Crippen LogP contribution in [0.1, 0.15) is 28.2 Å². The largest absolute Gasteiger partial charge is 0.478 e. The lowest BCUT2D eigenvalue weighted by Crippen LogP contribution is -2.23. The van der Waals surface area contributed by atoms with E-state index in [2.05, 4.69) is 11.9 Å². The van der Waals surface area contributed by atoms with Crippen molar-refractivity contribution >= 4 is 23.0 Å². The number of hydrogen-bond acceptors (Lipinski definition) is 4. The standard InChI is InChI=1S/C13H14N2O2S/c1-9(12-4-3-7-18-12)15(2)11-5-6-14-8-10(11)13(16)17/h3-9H,1-2H3,(H,16,17). The van der Waals surface area contributed by atoms with Crippen LogP contribution in [-0.4, -0.2) is 23.1 Å². The van der Waals surface area contributed by atoms with E-state index < -0.39 is 5.97 Å². The van der Waals surface area contributed by atoms with E-state index >= 15 is 0 Å². The fourth-order valence-electron chi connectivity index (χ4n) is 1.79. The lowest BCUT2D eigenvalue weighted by molar-refractivity contribution is 0.0697. The first kappa shape index (κ1) is 12.6. The molecule has 0 spiro atoms. The average Bonchev–Trinajstić information content (AvgIpc) is 2.90. The van der Waals surface area contributed by atoms with Gasteiger partial charge in [0.15, 0.2) is 0 Å². The van der Waals surface area contributed by atoms with Gasteiger partial charge in [0.25, 0.3) is 0 Å². The summed E-state index contributed by atoms with van der Waals surface area (Å²) in [5, 5.41) is 11.2. The second-order valence-electron chi connectivity index (χ2n) is 4.00. The van der Waals surface area contributed by atoms with Crippen LogP contribution in [0.3, 0.4) is 0 Å². The molecule has 2 aromatic heterocycles. The highest BCUT2D eigenvalue weighted by Gasteiger charge is 2.18. The molecule has 2 aromatic rings. The fraction of sp³-hybridized carbons (Fsp3) is 0.231. The Balaban J connectivity index is 2.34. The summed E-state index contributed by atoms with van der Waals surface area (Å²) in [6.07, 6.45) is 2.99. The Bertz CT molecular complexity index is 540. The number of aromatic carboxylic acids is 1. The van der Waals surface area contributed by atoms with Crippen molar-refractivity contribution in [1.82, 2.24) is 4.98 Å². The first-order chi connectivity index (χ1) is 8.61. The number of carbonyl (C=O) groups is 1. The molecule has 0 saturated carbocycles. The highest BCUT2D eigenvalue weighted by molar-refractivity contribution is 7.10. The van der Waals surface area contributed by atoms with Gasteiger partial charge in [-0.2, -0.15) is 0 Å². The van der Waals surface area contributed by atoms with Crippen molar-refractivity contribution < 1.29 is 9.90 Å². The third-order valence-corrected chi connectivity index (χ3v) is 3.99. The quantitative estimate of drug-likeness (QED) is 0.920. The maximum Gasteiger partial charge on any atom is 0.339 e. The van der Waals surface area contributed by atoms with Crippen LogP contribution >= 0.6 is 11.3 Å². The van der Waals surface area contributed by atoms with Gasteiger partial charge in [0.1, 0.15) is 5.56 Å². The summed E-state index contributed by atoms with van der Waals surface area (Å²) >= 11 is 1.66. The Morgan fingerprint density at radius 2 is 2.28 bits per heavy atom. The lowest BCUT2D eigenvalue weighted by Gasteiger charge is -2.27. The smallest absolute Gasteiger partial charge is 0.339 e. The summed E-state index contributed by atoms with van der Waals surface area (Å²) in [4.78, 5) is 18.2. The van der Waals surface area contributed by atoms with Crippen molar-refractivity contribution in [2.75, 3.05) is 11.9 Å². The van der Waals surface area contributed by atoms with E-state index in [9.17, 15) is 4.79 Å². The van der Waals surface area contributed by atoms with Crippen LogP contribution in [-0.2, 0) is 0 Å². The molecule has 18 heavy (non-hydrogen) atoms. The van der Waals surface area contributed by atoms with Gasteiger partial charge in [-0.1, -0.05) is 6.07 Å². The summed E-state index contributed by atoms with van der Waals surface area (Å²) in [6.45, 7) is 2.05. The zero-order chi connectivity index (χ0) is 13.1. The normalized spacial score (nSPS) is 12.1. The van der Waals surface area contributed by atoms with E-state index in [1.807, 2.05) is 29.5 Å². The molecule has 0 aliphatic rings. The summed E-state index contributed by atoms with van der Waals surface area (Å²) in [7, 11) is 1.90. The maximum atomic E-state index is 11.2. The zero-order valence-corrected chi connectivity index (χ0v) is 11.0. The molecule has 94 valence electrons. The van der Waals surface area contributed by atoms with Crippen LogP contribution in [0.4, 0.5) is 5.69 Å². The molecule has 0 aromatic carbocycles. The fourth-order valence-corrected chi connectivity index (χ4v) is 2.61. The molecule has 0 aliphatic heterocycles. The Morgan fingerprint density at radius 1 is 1.50 bits per heavy atom. The third-order valence-electron chi connectivity index (χ3n) is 2.94. The van der Waals surface area contributed by atoms with E-state index in [0.717, 1.165) is 0 Å². The highest BCUT2D eigenvalue weighted by Crippen LogP contribution is 2.29. The maximum absolute atomic E-state index is 11.2. The number of carboxylic acid groups (broad SMARTS) is 1. The predicted molar refractivity (Wildman–Crippen MR) is 72.3 cm³/mol. The van der Waals surface area contributed by atoms with Crippen molar-refractivity contribution in [1.29, 1.82) is 0 Å². The second kappa shape index (κ2) is 5.18. The van der Waals surface area contributed by atoms with Crippen molar-refractivity contribution in [3.05, 3.63) is 46.4 Å². The first-order valence-corrected chi connectivity index (χ1v) is 6.42.